The van der Waals surface area contributed by atoms with Gasteiger partial charge in [-0.25, -0.2) is 0 Å². The van der Waals surface area contributed by atoms with E-state index in [4.69, 9.17) is 26.8 Å². The van der Waals surface area contributed by atoms with Crippen LogP contribution in [0, 0.1) is 10.1 Å². The zero-order valence-electron chi connectivity index (χ0n) is 11.4. The van der Waals surface area contributed by atoms with E-state index in [0.717, 1.165) is 12.8 Å². The number of guanidine groups is 1. The number of nitrogens with two attached hydrogens (primary N) is 2. The molecule has 0 saturated carbocycles. The molecular formula is C11H21N5O3. The monoisotopic (exact) mass is 271 g/mol. The highest BCUT2D eigenvalue weighted by Crippen LogP contribution is 2.05. The van der Waals surface area contributed by atoms with E-state index >= 15 is 0 Å². The third kappa shape index (κ3) is 25.7. The van der Waals surface area contributed by atoms with Crippen LogP contribution < -0.4 is 11.5 Å². The molecule has 0 aromatic carbocycles. The lowest BCUT2D eigenvalue weighted by Crippen LogP contribution is -2.21. The summed E-state index contributed by atoms with van der Waals surface area (Å²) in [5.74, 6) is -0.0261. The van der Waals surface area contributed by atoms with Crippen LogP contribution >= 0.6 is 0 Å². The van der Waals surface area contributed by atoms with Crippen LogP contribution in [0.5, 0.6) is 0 Å². The molecule has 0 amide bonds. The number of nitrogens with zero attached hydrogens (tertiary/aromatic N) is 3. The Hall–Kier alpha value is -2.38. The summed E-state index contributed by atoms with van der Waals surface area (Å²) in [6, 6.07) is 0. The summed E-state index contributed by atoms with van der Waals surface area (Å²) in [4.78, 5) is 8.36. The van der Waals surface area contributed by atoms with Crippen molar-refractivity contribution in [3.05, 3.63) is 33.4 Å². The van der Waals surface area contributed by atoms with Crippen LogP contribution in [0.25, 0.3) is 0 Å². The van der Waals surface area contributed by atoms with Crippen molar-refractivity contribution in [2.24, 2.45) is 21.7 Å². The molecule has 0 saturated heterocycles. The van der Waals surface area contributed by atoms with E-state index in [9.17, 15) is 0 Å². The molecule has 108 valence electrons. The lowest BCUT2D eigenvalue weighted by atomic mass is 10.1. The van der Waals surface area contributed by atoms with Gasteiger partial charge >= 0.3 is 0 Å². The predicted octanol–water partition coefficient (Wildman–Crippen LogP) is 1.59. The van der Waals surface area contributed by atoms with Crippen molar-refractivity contribution >= 4 is 12.2 Å². The molecule has 0 atom stereocenters. The zero-order valence-corrected chi connectivity index (χ0v) is 11.4. The van der Waals surface area contributed by atoms with Gasteiger partial charge in [0.25, 0.3) is 5.09 Å². The van der Waals surface area contributed by atoms with Crippen molar-refractivity contribution in [3.8, 4) is 0 Å². The maximum atomic E-state index is 8.36. The summed E-state index contributed by atoms with van der Waals surface area (Å²) in [5, 5.41) is 20.8. The Bertz CT molecular complexity index is 374. The summed E-state index contributed by atoms with van der Waals surface area (Å²) in [5.41, 5.74) is 12.8. The van der Waals surface area contributed by atoms with E-state index in [1.54, 1.807) is 6.21 Å². The Kier molecular flexibility index (Phi) is 12.1. The molecule has 0 aliphatic rings. The minimum absolute atomic E-state index is 0.0261. The highest BCUT2D eigenvalue weighted by Gasteiger charge is 1.86. The number of hydrogen-bond acceptors (Lipinski definition) is 4. The molecule has 0 rings (SSSR count). The van der Waals surface area contributed by atoms with Gasteiger partial charge in [0.15, 0.2) is 0 Å². The Balaban J connectivity index is 0. The maximum Gasteiger partial charge on any atom is 0.291 e. The van der Waals surface area contributed by atoms with E-state index in [-0.39, 0.29) is 5.96 Å². The first-order valence-electron chi connectivity index (χ1n) is 5.50. The standard InChI is InChI=1S/C11H20N4.HNO3/c1-9(2)5-4-6-10(3)7-8-14-15-11(12)13;2-1(3)4/h5,7-8H,4,6H2,1-3H3,(H4,12,13,15);(H,2,3,4)/b10-7-,14-8+;. The Morgan fingerprint density at radius 2 is 1.89 bits per heavy atom. The van der Waals surface area contributed by atoms with Crippen LogP contribution in [-0.2, 0) is 0 Å². The van der Waals surface area contributed by atoms with E-state index < -0.39 is 5.09 Å². The Morgan fingerprint density at radius 1 is 1.37 bits per heavy atom. The lowest BCUT2D eigenvalue weighted by Gasteiger charge is -1.95. The van der Waals surface area contributed by atoms with E-state index in [1.807, 2.05) is 6.08 Å². The van der Waals surface area contributed by atoms with Gasteiger partial charge in [-0.3, -0.25) is 0 Å². The SMILES string of the molecule is CC(C)=CCC/C(C)=C\C=N\N=C(N)N.O=[N+]([O-])O. The summed E-state index contributed by atoms with van der Waals surface area (Å²) in [6.07, 6.45) is 7.80. The molecule has 0 spiro atoms. The second-order valence-corrected chi connectivity index (χ2v) is 3.86. The molecule has 0 heterocycles. The molecule has 0 aromatic rings. The quantitative estimate of drug-likeness (QED) is 0.229. The first-order chi connectivity index (χ1) is 8.75. The van der Waals surface area contributed by atoms with Gasteiger partial charge in [-0.2, -0.15) is 5.10 Å². The summed E-state index contributed by atoms with van der Waals surface area (Å²) >= 11 is 0. The van der Waals surface area contributed by atoms with E-state index in [2.05, 4.69) is 37.1 Å². The van der Waals surface area contributed by atoms with Crippen LogP contribution in [0.2, 0.25) is 0 Å². The molecule has 0 fully saturated rings. The first kappa shape index (κ1) is 19.0. The molecule has 0 unspecified atom stereocenters. The van der Waals surface area contributed by atoms with Gasteiger partial charge < -0.3 is 16.7 Å². The first-order valence-corrected chi connectivity index (χ1v) is 5.50. The van der Waals surface area contributed by atoms with Crippen molar-refractivity contribution in [1.82, 2.24) is 0 Å². The van der Waals surface area contributed by atoms with Crippen LogP contribution in [-0.4, -0.2) is 22.5 Å². The molecule has 8 heteroatoms. The number of allylic oxidation sites excluding steroid dienone is 4. The van der Waals surface area contributed by atoms with Gasteiger partial charge in [-0.15, -0.1) is 15.2 Å². The van der Waals surface area contributed by atoms with Crippen LogP contribution in [0.3, 0.4) is 0 Å². The van der Waals surface area contributed by atoms with Crippen LogP contribution in [0.1, 0.15) is 33.6 Å². The zero-order chi connectivity index (χ0) is 15.3. The fraction of sp³-hybridized carbons (Fsp3) is 0.455. The topological polar surface area (TPSA) is 140 Å². The fourth-order valence-corrected chi connectivity index (χ4v) is 0.932. The molecule has 0 aromatic heterocycles. The van der Waals surface area contributed by atoms with E-state index in [1.165, 1.54) is 11.1 Å². The van der Waals surface area contributed by atoms with Crippen molar-refractivity contribution in [1.29, 1.82) is 0 Å². The van der Waals surface area contributed by atoms with Gasteiger partial charge in [-0.1, -0.05) is 17.2 Å². The summed E-state index contributed by atoms with van der Waals surface area (Å²) < 4.78 is 0. The van der Waals surface area contributed by atoms with Gasteiger partial charge in [-0.05, 0) is 39.7 Å². The van der Waals surface area contributed by atoms with Gasteiger partial charge in [0.05, 0.1) is 0 Å². The van der Waals surface area contributed by atoms with Crippen molar-refractivity contribution in [2.75, 3.05) is 0 Å². The second-order valence-electron chi connectivity index (χ2n) is 3.86. The van der Waals surface area contributed by atoms with Crippen LogP contribution in [0.4, 0.5) is 0 Å². The minimum atomic E-state index is -1.50. The highest BCUT2D eigenvalue weighted by atomic mass is 16.9. The average Bonchev–Trinajstić information content (AvgIpc) is 2.22. The molecule has 19 heavy (non-hydrogen) atoms. The van der Waals surface area contributed by atoms with Crippen molar-refractivity contribution in [2.45, 2.75) is 33.6 Å². The molecular weight excluding hydrogens is 250 g/mol. The third-order valence-electron chi connectivity index (χ3n) is 1.69. The molecule has 0 aliphatic heterocycles. The molecule has 8 nitrogen and oxygen atoms in total. The van der Waals surface area contributed by atoms with Crippen molar-refractivity contribution in [3.63, 3.8) is 0 Å². The van der Waals surface area contributed by atoms with Gasteiger partial charge in [0, 0.05) is 6.21 Å². The van der Waals surface area contributed by atoms with Gasteiger partial charge in [0.2, 0.25) is 5.96 Å². The lowest BCUT2D eigenvalue weighted by molar-refractivity contribution is -0.742. The second kappa shape index (κ2) is 12.1. The maximum absolute atomic E-state index is 8.36. The Labute approximate surface area is 112 Å². The number of hydrogen-bond donors (Lipinski definition) is 3. The smallest absolute Gasteiger partial charge is 0.291 e. The fourth-order valence-electron chi connectivity index (χ4n) is 0.932. The largest absolute Gasteiger partial charge is 0.369 e. The van der Waals surface area contributed by atoms with Crippen LogP contribution in [0.15, 0.2) is 33.5 Å². The molecule has 0 radical (unpaired) electrons. The third-order valence-corrected chi connectivity index (χ3v) is 1.69. The van der Waals surface area contributed by atoms with Crippen molar-refractivity contribution < 1.29 is 10.3 Å². The van der Waals surface area contributed by atoms with Gasteiger partial charge in [0.1, 0.15) is 0 Å². The number of rotatable bonds is 5. The molecule has 5 N–H and O–H groups in total. The molecule has 0 bridgehead atoms. The predicted molar refractivity (Wildman–Crippen MR) is 75.5 cm³/mol. The molecule has 0 aliphatic carbocycles. The average molecular weight is 271 g/mol. The minimum Gasteiger partial charge on any atom is -0.369 e. The summed E-state index contributed by atoms with van der Waals surface area (Å²) in [7, 11) is 0. The normalized spacial score (nSPS) is 10.4. The summed E-state index contributed by atoms with van der Waals surface area (Å²) in [6.45, 7) is 6.25. The van der Waals surface area contributed by atoms with E-state index in [0.29, 0.717) is 0 Å². The highest BCUT2D eigenvalue weighted by molar-refractivity contribution is 5.77. The Morgan fingerprint density at radius 3 is 2.32 bits per heavy atom.